The van der Waals surface area contributed by atoms with Crippen molar-refractivity contribution < 1.29 is 22.8 Å². The number of benzene rings is 2. The van der Waals surface area contributed by atoms with Crippen LogP contribution >= 0.6 is 0 Å². The van der Waals surface area contributed by atoms with Gasteiger partial charge in [-0.3, -0.25) is 0 Å². The van der Waals surface area contributed by atoms with Gasteiger partial charge in [0.25, 0.3) is 0 Å². The van der Waals surface area contributed by atoms with Crippen molar-refractivity contribution in [3.8, 4) is 22.6 Å². The van der Waals surface area contributed by atoms with E-state index in [0.29, 0.717) is 5.56 Å². The van der Waals surface area contributed by atoms with E-state index in [-0.39, 0.29) is 17.0 Å². The van der Waals surface area contributed by atoms with Crippen molar-refractivity contribution in [2.24, 2.45) is 0 Å². The van der Waals surface area contributed by atoms with E-state index in [0.717, 1.165) is 12.1 Å². The number of aliphatic hydroxyl groups excluding tert-OH is 1. The first-order valence-corrected chi connectivity index (χ1v) is 6.41. The summed E-state index contributed by atoms with van der Waals surface area (Å²) in [5.74, 6) is -2.26. The normalized spacial score (nSPS) is 10.9. The highest BCUT2D eigenvalue weighted by molar-refractivity contribution is 5.73. The van der Waals surface area contributed by atoms with Gasteiger partial charge in [0.05, 0.1) is 17.7 Å². The lowest BCUT2D eigenvalue weighted by atomic mass is 10.0. The van der Waals surface area contributed by atoms with Crippen LogP contribution in [0.25, 0.3) is 22.6 Å². The first-order chi connectivity index (χ1) is 10.6. The van der Waals surface area contributed by atoms with Crippen molar-refractivity contribution in [1.29, 1.82) is 0 Å². The summed E-state index contributed by atoms with van der Waals surface area (Å²) >= 11 is 0. The maximum atomic E-state index is 13.9. The Morgan fingerprint density at radius 1 is 0.955 bits per heavy atom. The van der Waals surface area contributed by atoms with Crippen LogP contribution in [0.1, 0.15) is 5.56 Å². The van der Waals surface area contributed by atoms with Crippen LogP contribution < -0.4 is 0 Å². The molecule has 1 N–H and O–H groups in total. The van der Waals surface area contributed by atoms with Crippen LogP contribution in [0.5, 0.6) is 0 Å². The molecule has 6 heteroatoms. The van der Waals surface area contributed by atoms with Gasteiger partial charge in [0, 0.05) is 5.56 Å². The predicted molar refractivity (Wildman–Crippen MR) is 73.2 cm³/mol. The van der Waals surface area contributed by atoms with Crippen LogP contribution in [0.3, 0.4) is 0 Å². The number of nitrogens with zero attached hydrogens (tertiary/aromatic N) is 1. The van der Waals surface area contributed by atoms with E-state index in [1.807, 2.05) is 0 Å². The Kier molecular flexibility index (Phi) is 3.68. The van der Waals surface area contributed by atoms with Gasteiger partial charge >= 0.3 is 0 Å². The molecule has 22 heavy (non-hydrogen) atoms. The first kappa shape index (κ1) is 14.3. The standard InChI is InChI=1S/C16H10F3NO2/c17-10-6-4-9(5-7-10)15-11(8-21)16(22-20-15)14-12(18)2-1-3-13(14)19/h1-7,21H,8H2. The SMILES string of the molecule is OCc1c(-c2ccc(F)cc2)noc1-c1c(F)cccc1F. The third kappa shape index (κ3) is 2.37. The molecule has 3 nitrogen and oxygen atoms in total. The molecule has 2 aromatic carbocycles. The summed E-state index contributed by atoms with van der Waals surface area (Å²) in [7, 11) is 0. The van der Waals surface area contributed by atoms with Crippen LogP contribution in [0.2, 0.25) is 0 Å². The maximum Gasteiger partial charge on any atom is 0.178 e. The molecule has 0 atom stereocenters. The largest absolute Gasteiger partial charge is 0.391 e. The van der Waals surface area contributed by atoms with Crippen molar-refractivity contribution >= 4 is 0 Å². The summed E-state index contributed by atoms with van der Waals surface area (Å²) < 4.78 is 45.7. The van der Waals surface area contributed by atoms with Crippen LogP contribution in [-0.4, -0.2) is 10.3 Å². The highest BCUT2D eigenvalue weighted by atomic mass is 19.1. The van der Waals surface area contributed by atoms with E-state index in [1.54, 1.807) is 0 Å². The fraction of sp³-hybridized carbons (Fsp3) is 0.0625. The molecular formula is C16H10F3NO2. The zero-order valence-electron chi connectivity index (χ0n) is 11.2. The molecule has 0 aliphatic heterocycles. The third-order valence-corrected chi connectivity index (χ3v) is 3.25. The quantitative estimate of drug-likeness (QED) is 0.798. The van der Waals surface area contributed by atoms with Gasteiger partial charge in [-0.15, -0.1) is 0 Å². The summed E-state index contributed by atoms with van der Waals surface area (Å²) in [6.45, 7) is -0.528. The number of hydrogen-bond acceptors (Lipinski definition) is 3. The second-order valence-electron chi connectivity index (χ2n) is 4.60. The van der Waals surface area contributed by atoms with Crippen LogP contribution in [0, 0.1) is 17.5 Å². The molecule has 0 bridgehead atoms. The number of hydrogen-bond donors (Lipinski definition) is 1. The van der Waals surface area contributed by atoms with Gasteiger partial charge in [-0.2, -0.15) is 0 Å². The first-order valence-electron chi connectivity index (χ1n) is 6.41. The van der Waals surface area contributed by atoms with Crippen molar-refractivity contribution in [2.75, 3.05) is 0 Å². The van der Waals surface area contributed by atoms with Gasteiger partial charge < -0.3 is 9.63 Å². The second-order valence-corrected chi connectivity index (χ2v) is 4.60. The van der Waals surface area contributed by atoms with Crippen molar-refractivity contribution in [2.45, 2.75) is 6.61 Å². The molecule has 0 aliphatic carbocycles. The molecule has 1 aromatic heterocycles. The van der Waals surface area contributed by atoms with Gasteiger partial charge in [-0.05, 0) is 36.4 Å². The van der Waals surface area contributed by atoms with E-state index in [9.17, 15) is 18.3 Å². The molecule has 1 heterocycles. The minimum absolute atomic E-state index is 0.135. The lowest BCUT2D eigenvalue weighted by molar-refractivity contribution is 0.281. The minimum atomic E-state index is -0.823. The molecule has 0 saturated heterocycles. The number of rotatable bonds is 3. The van der Waals surface area contributed by atoms with Crippen molar-refractivity contribution in [3.05, 3.63) is 65.5 Å². The molecule has 0 amide bonds. The Hall–Kier alpha value is -2.60. The van der Waals surface area contributed by atoms with Crippen LogP contribution in [0.15, 0.2) is 47.0 Å². The Morgan fingerprint density at radius 3 is 2.18 bits per heavy atom. The number of halogens is 3. The van der Waals surface area contributed by atoms with Crippen LogP contribution in [0.4, 0.5) is 13.2 Å². The molecule has 0 spiro atoms. The zero-order valence-corrected chi connectivity index (χ0v) is 11.2. The molecular weight excluding hydrogens is 295 g/mol. The van der Waals surface area contributed by atoms with Crippen molar-refractivity contribution in [3.63, 3.8) is 0 Å². The highest BCUT2D eigenvalue weighted by Crippen LogP contribution is 2.35. The summed E-state index contributed by atoms with van der Waals surface area (Å²) in [4.78, 5) is 0. The second kappa shape index (κ2) is 5.65. The Bertz CT molecular complexity index is 793. The average molecular weight is 305 g/mol. The summed E-state index contributed by atoms with van der Waals surface area (Å²) in [6, 6.07) is 8.70. The maximum absolute atomic E-state index is 13.9. The van der Waals surface area contributed by atoms with Gasteiger partial charge in [-0.25, -0.2) is 13.2 Å². The third-order valence-electron chi connectivity index (χ3n) is 3.25. The smallest absolute Gasteiger partial charge is 0.178 e. The summed E-state index contributed by atoms with van der Waals surface area (Å²) in [6.07, 6.45) is 0. The van der Waals surface area contributed by atoms with E-state index >= 15 is 0 Å². The van der Waals surface area contributed by atoms with E-state index in [4.69, 9.17) is 4.52 Å². The lowest BCUT2D eigenvalue weighted by Crippen LogP contribution is -1.93. The fourth-order valence-electron chi connectivity index (χ4n) is 2.20. The lowest BCUT2D eigenvalue weighted by Gasteiger charge is -2.03. The van der Waals surface area contributed by atoms with Gasteiger partial charge in [-0.1, -0.05) is 11.2 Å². The fourth-order valence-corrected chi connectivity index (χ4v) is 2.20. The molecule has 112 valence electrons. The number of aromatic nitrogens is 1. The number of aliphatic hydroxyl groups is 1. The molecule has 3 rings (SSSR count). The topological polar surface area (TPSA) is 46.3 Å². The Labute approximate surface area is 123 Å². The van der Waals surface area contributed by atoms with Gasteiger partial charge in [0.2, 0.25) is 0 Å². The Morgan fingerprint density at radius 2 is 1.59 bits per heavy atom. The monoisotopic (exact) mass is 305 g/mol. The van der Waals surface area contributed by atoms with Crippen LogP contribution in [-0.2, 0) is 6.61 Å². The molecule has 0 aliphatic rings. The summed E-state index contributed by atoms with van der Waals surface area (Å²) in [5, 5.41) is 13.3. The van der Waals surface area contributed by atoms with Crippen molar-refractivity contribution in [1.82, 2.24) is 5.16 Å². The predicted octanol–water partition coefficient (Wildman–Crippen LogP) is 3.92. The van der Waals surface area contributed by atoms with Gasteiger partial charge in [0.1, 0.15) is 23.1 Å². The van der Waals surface area contributed by atoms with E-state index in [1.165, 1.54) is 30.3 Å². The average Bonchev–Trinajstić information content (AvgIpc) is 2.91. The zero-order chi connectivity index (χ0) is 15.7. The molecule has 0 unspecified atom stereocenters. The van der Waals surface area contributed by atoms with Gasteiger partial charge in [0.15, 0.2) is 5.76 Å². The summed E-state index contributed by atoms with van der Waals surface area (Å²) in [5.41, 5.74) is 0.417. The molecule has 0 saturated carbocycles. The molecule has 0 radical (unpaired) electrons. The molecule has 0 fully saturated rings. The minimum Gasteiger partial charge on any atom is -0.391 e. The van der Waals surface area contributed by atoms with E-state index in [2.05, 4.69) is 5.16 Å². The highest BCUT2D eigenvalue weighted by Gasteiger charge is 2.23. The van der Waals surface area contributed by atoms with E-state index < -0.39 is 29.6 Å². The molecule has 3 aromatic rings. The Balaban J connectivity index is 2.18.